The summed E-state index contributed by atoms with van der Waals surface area (Å²) in [6, 6.07) is 6.07. The molecule has 1 aromatic carbocycles. The highest BCUT2D eigenvalue weighted by molar-refractivity contribution is 5.52. The van der Waals surface area contributed by atoms with Crippen LogP contribution in [0.15, 0.2) is 34.9 Å². The summed E-state index contributed by atoms with van der Waals surface area (Å²) in [6.07, 6.45) is 2.16. The second-order valence-corrected chi connectivity index (χ2v) is 4.73. The summed E-state index contributed by atoms with van der Waals surface area (Å²) >= 11 is 0. The van der Waals surface area contributed by atoms with Crippen LogP contribution in [0.1, 0.15) is 12.1 Å². The monoisotopic (exact) mass is 294 g/mol. The van der Waals surface area contributed by atoms with E-state index in [4.69, 9.17) is 14.6 Å². The number of hydrogen-bond donors (Lipinski definition) is 2. The van der Waals surface area contributed by atoms with Crippen LogP contribution in [0.25, 0.3) is 11.5 Å². The molecule has 0 amide bonds. The first-order valence-corrected chi connectivity index (χ1v) is 6.87. The lowest BCUT2D eigenvalue weighted by atomic mass is 10.2. The van der Waals surface area contributed by atoms with E-state index in [2.05, 4.69) is 4.98 Å². The molecule has 114 valence electrons. The fraction of sp³-hybridized carbons (Fsp3) is 0.400. The molecule has 2 rings (SSSR count). The van der Waals surface area contributed by atoms with Gasteiger partial charge in [-0.25, -0.2) is 9.37 Å². The van der Waals surface area contributed by atoms with Crippen LogP contribution in [0.3, 0.4) is 0 Å². The minimum absolute atomic E-state index is 0.0417. The van der Waals surface area contributed by atoms with Crippen molar-refractivity contribution in [3.63, 3.8) is 0 Å². The molecule has 1 heterocycles. The standard InChI is InChI=1S/C15H19FN2O3/c16-13-4-1-3-12(9-13)15-17-14(11-21-15)10-18(6-8-20)5-2-7-19/h1,3-4,9,11,19-20H,2,5-8,10H2. The van der Waals surface area contributed by atoms with Gasteiger partial charge in [0.15, 0.2) is 0 Å². The van der Waals surface area contributed by atoms with Crippen molar-refractivity contribution in [1.82, 2.24) is 9.88 Å². The molecule has 0 aliphatic heterocycles. The van der Waals surface area contributed by atoms with Gasteiger partial charge in [-0.2, -0.15) is 0 Å². The largest absolute Gasteiger partial charge is 0.444 e. The van der Waals surface area contributed by atoms with Gasteiger partial charge in [-0.15, -0.1) is 0 Å². The van der Waals surface area contributed by atoms with Crippen molar-refractivity contribution in [2.24, 2.45) is 0 Å². The number of nitrogens with zero attached hydrogens (tertiary/aromatic N) is 2. The molecule has 21 heavy (non-hydrogen) atoms. The predicted molar refractivity (Wildman–Crippen MR) is 76.0 cm³/mol. The maximum atomic E-state index is 13.2. The molecule has 0 fully saturated rings. The lowest BCUT2D eigenvalue weighted by Crippen LogP contribution is -2.28. The fourth-order valence-electron chi connectivity index (χ4n) is 2.07. The van der Waals surface area contributed by atoms with E-state index >= 15 is 0 Å². The Kier molecular flexibility index (Phi) is 5.86. The fourth-order valence-corrected chi connectivity index (χ4v) is 2.07. The minimum atomic E-state index is -0.336. The highest BCUT2D eigenvalue weighted by Crippen LogP contribution is 2.20. The van der Waals surface area contributed by atoms with Crippen LogP contribution in [0, 0.1) is 5.82 Å². The van der Waals surface area contributed by atoms with Gasteiger partial charge in [0.25, 0.3) is 0 Å². The summed E-state index contributed by atoms with van der Waals surface area (Å²) in [5, 5.41) is 17.9. The van der Waals surface area contributed by atoms with Crippen LogP contribution in [0.4, 0.5) is 4.39 Å². The smallest absolute Gasteiger partial charge is 0.226 e. The van der Waals surface area contributed by atoms with Crippen LogP contribution in [-0.4, -0.2) is 46.4 Å². The Morgan fingerprint density at radius 3 is 2.76 bits per heavy atom. The molecule has 0 aliphatic carbocycles. The number of aliphatic hydroxyl groups is 2. The zero-order valence-corrected chi connectivity index (χ0v) is 11.7. The van der Waals surface area contributed by atoms with Crippen molar-refractivity contribution >= 4 is 0 Å². The summed E-state index contributed by atoms with van der Waals surface area (Å²) in [7, 11) is 0. The third kappa shape index (κ3) is 4.63. The summed E-state index contributed by atoms with van der Waals surface area (Å²) < 4.78 is 18.6. The molecule has 0 spiro atoms. The van der Waals surface area contributed by atoms with Gasteiger partial charge in [-0.1, -0.05) is 6.07 Å². The van der Waals surface area contributed by atoms with Gasteiger partial charge in [0.1, 0.15) is 12.1 Å². The summed E-state index contributed by atoms with van der Waals surface area (Å²) in [5.41, 5.74) is 1.30. The Balaban J connectivity index is 2.04. The Hall–Kier alpha value is -1.76. The first-order valence-electron chi connectivity index (χ1n) is 6.87. The van der Waals surface area contributed by atoms with Gasteiger partial charge >= 0.3 is 0 Å². The highest BCUT2D eigenvalue weighted by atomic mass is 19.1. The molecular formula is C15H19FN2O3. The average molecular weight is 294 g/mol. The van der Waals surface area contributed by atoms with E-state index in [-0.39, 0.29) is 19.0 Å². The molecule has 1 aromatic heterocycles. The Morgan fingerprint density at radius 2 is 2.05 bits per heavy atom. The quantitative estimate of drug-likeness (QED) is 0.775. The number of halogens is 1. The molecule has 0 atom stereocenters. The van der Waals surface area contributed by atoms with Crippen molar-refractivity contribution in [3.05, 3.63) is 42.0 Å². The van der Waals surface area contributed by atoms with Crippen LogP contribution in [-0.2, 0) is 6.54 Å². The van der Waals surface area contributed by atoms with E-state index in [1.165, 1.54) is 18.4 Å². The van der Waals surface area contributed by atoms with Crippen LogP contribution in [0.5, 0.6) is 0 Å². The molecule has 0 saturated heterocycles. The molecule has 0 aliphatic rings. The normalized spacial score (nSPS) is 11.2. The molecular weight excluding hydrogens is 275 g/mol. The Labute approximate surface area is 122 Å². The number of hydrogen-bond acceptors (Lipinski definition) is 5. The zero-order chi connectivity index (χ0) is 15.1. The van der Waals surface area contributed by atoms with Crippen molar-refractivity contribution in [1.29, 1.82) is 0 Å². The SMILES string of the molecule is OCCCN(CCO)Cc1coc(-c2cccc(F)c2)n1. The van der Waals surface area contributed by atoms with Crippen LogP contribution in [0.2, 0.25) is 0 Å². The Bertz CT molecular complexity index is 559. The number of rotatable bonds is 8. The minimum Gasteiger partial charge on any atom is -0.444 e. The van der Waals surface area contributed by atoms with E-state index in [1.54, 1.807) is 12.1 Å². The second-order valence-electron chi connectivity index (χ2n) is 4.73. The molecule has 0 unspecified atom stereocenters. The van der Waals surface area contributed by atoms with Crippen molar-refractivity contribution in [3.8, 4) is 11.5 Å². The summed E-state index contributed by atoms with van der Waals surface area (Å²) in [5.74, 6) is 0.0349. The van der Waals surface area contributed by atoms with Gasteiger partial charge in [0.05, 0.1) is 12.3 Å². The predicted octanol–water partition coefficient (Wildman–Crippen LogP) is 1.66. The number of aromatic nitrogens is 1. The topological polar surface area (TPSA) is 69.7 Å². The molecule has 5 nitrogen and oxygen atoms in total. The first kappa shape index (κ1) is 15.6. The molecule has 0 radical (unpaired) electrons. The van der Waals surface area contributed by atoms with Gasteiger partial charge in [0.2, 0.25) is 5.89 Å². The van der Waals surface area contributed by atoms with E-state index in [1.807, 2.05) is 4.90 Å². The molecule has 2 aromatic rings. The van der Waals surface area contributed by atoms with E-state index in [0.29, 0.717) is 43.2 Å². The summed E-state index contributed by atoms with van der Waals surface area (Å²) in [4.78, 5) is 6.31. The molecule has 0 bridgehead atoms. The zero-order valence-electron chi connectivity index (χ0n) is 11.7. The lowest BCUT2D eigenvalue weighted by Gasteiger charge is -2.19. The number of oxazole rings is 1. The number of aliphatic hydroxyl groups excluding tert-OH is 2. The van der Waals surface area contributed by atoms with Gasteiger partial charge in [0, 0.05) is 31.8 Å². The molecule has 6 heteroatoms. The van der Waals surface area contributed by atoms with Gasteiger partial charge in [-0.3, -0.25) is 4.90 Å². The molecule has 2 N–H and O–H groups in total. The maximum Gasteiger partial charge on any atom is 0.226 e. The maximum absolute atomic E-state index is 13.2. The average Bonchev–Trinajstić information content (AvgIpc) is 2.93. The van der Waals surface area contributed by atoms with Crippen LogP contribution < -0.4 is 0 Å². The highest BCUT2D eigenvalue weighted by Gasteiger charge is 2.11. The van der Waals surface area contributed by atoms with E-state index in [0.717, 1.165) is 0 Å². The van der Waals surface area contributed by atoms with E-state index in [9.17, 15) is 4.39 Å². The van der Waals surface area contributed by atoms with Crippen LogP contribution >= 0.6 is 0 Å². The first-order chi connectivity index (χ1) is 10.2. The van der Waals surface area contributed by atoms with Crippen molar-refractivity contribution in [2.45, 2.75) is 13.0 Å². The second kappa shape index (κ2) is 7.87. The van der Waals surface area contributed by atoms with Gasteiger partial charge < -0.3 is 14.6 Å². The number of benzene rings is 1. The van der Waals surface area contributed by atoms with Gasteiger partial charge in [-0.05, 0) is 24.6 Å². The third-order valence-corrected chi connectivity index (χ3v) is 3.06. The lowest BCUT2D eigenvalue weighted by molar-refractivity contribution is 0.173. The van der Waals surface area contributed by atoms with E-state index < -0.39 is 0 Å². The van der Waals surface area contributed by atoms with Crippen molar-refractivity contribution in [2.75, 3.05) is 26.3 Å². The third-order valence-electron chi connectivity index (χ3n) is 3.06. The summed E-state index contributed by atoms with van der Waals surface area (Å²) in [6.45, 7) is 1.83. The van der Waals surface area contributed by atoms with Crippen molar-refractivity contribution < 1.29 is 19.0 Å². The molecule has 0 saturated carbocycles. The Morgan fingerprint density at radius 1 is 1.19 bits per heavy atom.